The highest BCUT2D eigenvalue weighted by atomic mass is 32.1. The van der Waals surface area contributed by atoms with Gasteiger partial charge in [0.25, 0.3) is 0 Å². The molecule has 2 N–H and O–H groups in total. The molecule has 0 bridgehead atoms. The molecule has 3 nitrogen and oxygen atoms in total. The fourth-order valence-corrected chi connectivity index (χ4v) is 2.57. The van der Waals surface area contributed by atoms with E-state index >= 15 is 0 Å². The van der Waals surface area contributed by atoms with Crippen molar-refractivity contribution in [2.24, 2.45) is 11.7 Å². The number of likely N-dealkylation sites (tertiary alicyclic amines) is 1. The highest BCUT2D eigenvalue weighted by Crippen LogP contribution is 2.22. The summed E-state index contributed by atoms with van der Waals surface area (Å²) >= 11 is 5.06. The van der Waals surface area contributed by atoms with Crippen LogP contribution in [0.25, 0.3) is 0 Å². The van der Waals surface area contributed by atoms with Gasteiger partial charge in [-0.3, -0.25) is 4.90 Å². The maximum Gasteiger partial charge on any atom is 0.0771 e. The molecule has 2 aliphatic heterocycles. The van der Waals surface area contributed by atoms with E-state index in [-0.39, 0.29) is 0 Å². The molecule has 0 amide bonds. The summed E-state index contributed by atoms with van der Waals surface area (Å²) in [5.41, 5.74) is 5.70. The summed E-state index contributed by atoms with van der Waals surface area (Å²) in [7, 11) is 0. The van der Waals surface area contributed by atoms with Gasteiger partial charge in [0, 0.05) is 25.1 Å². The smallest absolute Gasteiger partial charge is 0.0771 e. The van der Waals surface area contributed by atoms with Gasteiger partial charge in [-0.05, 0) is 25.8 Å². The minimum atomic E-state index is 0.430. The van der Waals surface area contributed by atoms with E-state index in [1.807, 2.05) is 0 Å². The van der Waals surface area contributed by atoms with Crippen LogP contribution >= 0.6 is 12.2 Å². The van der Waals surface area contributed by atoms with Crippen LogP contribution in [-0.4, -0.2) is 42.2 Å². The molecule has 0 aromatic carbocycles. The van der Waals surface area contributed by atoms with E-state index in [0.29, 0.717) is 16.9 Å². The summed E-state index contributed by atoms with van der Waals surface area (Å²) in [6.07, 6.45) is 3.56. The van der Waals surface area contributed by atoms with Gasteiger partial charge in [-0.15, -0.1) is 0 Å². The number of nitrogens with two attached hydrogens (primary N) is 1. The molecule has 0 radical (unpaired) electrons. The Morgan fingerprint density at radius 2 is 2.29 bits per heavy atom. The molecule has 2 saturated heterocycles. The van der Waals surface area contributed by atoms with Crippen molar-refractivity contribution in [3.63, 3.8) is 0 Å². The van der Waals surface area contributed by atoms with Gasteiger partial charge in [-0.25, -0.2) is 0 Å². The van der Waals surface area contributed by atoms with Gasteiger partial charge >= 0.3 is 0 Å². The first-order chi connectivity index (χ1) is 6.77. The average Bonchev–Trinajstić information content (AvgIpc) is 2.71. The zero-order chi connectivity index (χ0) is 9.97. The number of ether oxygens (including phenoxy) is 1. The minimum absolute atomic E-state index is 0.430. The van der Waals surface area contributed by atoms with Gasteiger partial charge in [0.05, 0.1) is 11.6 Å². The number of piperidine rings is 1. The van der Waals surface area contributed by atoms with Gasteiger partial charge in [-0.1, -0.05) is 12.2 Å². The zero-order valence-corrected chi connectivity index (χ0v) is 9.26. The van der Waals surface area contributed by atoms with E-state index in [4.69, 9.17) is 22.7 Å². The van der Waals surface area contributed by atoms with Crippen molar-refractivity contribution in [1.29, 1.82) is 0 Å². The number of hydrogen-bond donors (Lipinski definition) is 1. The van der Waals surface area contributed by atoms with Crippen molar-refractivity contribution < 1.29 is 4.74 Å². The molecule has 2 heterocycles. The normalized spacial score (nSPS) is 34.6. The first kappa shape index (κ1) is 10.3. The Morgan fingerprint density at radius 1 is 1.43 bits per heavy atom. The number of nitrogens with zero attached hydrogens (tertiary/aromatic N) is 1. The van der Waals surface area contributed by atoms with E-state index < -0.39 is 0 Å². The van der Waals surface area contributed by atoms with Crippen LogP contribution in [0.1, 0.15) is 19.3 Å². The predicted octanol–water partition coefficient (Wildman–Crippen LogP) is 0.773. The summed E-state index contributed by atoms with van der Waals surface area (Å²) in [5, 5.41) is 0. The Morgan fingerprint density at radius 3 is 2.93 bits per heavy atom. The highest BCUT2D eigenvalue weighted by molar-refractivity contribution is 7.80. The third-order valence-corrected chi connectivity index (χ3v) is 3.61. The second-order valence-electron chi connectivity index (χ2n) is 4.25. The molecule has 2 aliphatic rings. The standard InChI is InChI=1S/C10H18N2OS/c11-10(14)8-2-1-4-12(6-8)9-3-5-13-7-9/h8-9H,1-7H2,(H2,11,14). The molecule has 0 spiro atoms. The zero-order valence-electron chi connectivity index (χ0n) is 8.45. The van der Waals surface area contributed by atoms with E-state index in [1.165, 1.54) is 25.8 Å². The van der Waals surface area contributed by atoms with Crippen LogP contribution in [0.2, 0.25) is 0 Å². The molecular weight excluding hydrogens is 196 g/mol. The summed E-state index contributed by atoms with van der Waals surface area (Å²) in [6, 6.07) is 0.618. The van der Waals surface area contributed by atoms with Crippen LogP contribution < -0.4 is 5.73 Å². The minimum Gasteiger partial charge on any atom is -0.393 e. The fourth-order valence-electron chi connectivity index (χ4n) is 2.38. The average molecular weight is 214 g/mol. The summed E-state index contributed by atoms with van der Waals surface area (Å²) in [4.78, 5) is 3.19. The van der Waals surface area contributed by atoms with Crippen LogP contribution in [0.15, 0.2) is 0 Å². The lowest BCUT2D eigenvalue weighted by atomic mass is 9.96. The largest absolute Gasteiger partial charge is 0.393 e. The summed E-state index contributed by atoms with van der Waals surface area (Å²) in [6.45, 7) is 4.04. The lowest BCUT2D eigenvalue weighted by Gasteiger charge is -2.35. The number of hydrogen-bond acceptors (Lipinski definition) is 3. The van der Waals surface area contributed by atoms with Crippen LogP contribution in [0.4, 0.5) is 0 Å². The monoisotopic (exact) mass is 214 g/mol. The first-order valence-corrected chi connectivity index (χ1v) is 5.79. The van der Waals surface area contributed by atoms with E-state index in [2.05, 4.69) is 4.90 Å². The summed E-state index contributed by atoms with van der Waals surface area (Å²) in [5.74, 6) is 0.430. The van der Waals surface area contributed by atoms with Crippen molar-refractivity contribution in [2.45, 2.75) is 25.3 Å². The number of rotatable bonds is 2. The highest BCUT2D eigenvalue weighted by Gasteiger charge is 2.29. The van der Waals surface area contributed by atoms with Crippen LogP contribution in [0.3, 0.4) is 0 Å². The van der Waals surface area contributed by atoms with Crippen LogP contribution in [0.5, 0.6) is 0 Å². The molecule has 80 valence electrons. The Labute approximate surface area is 90.6 Å². The Bertz CT molecular complexity index is 216. The number of thiocarbonyl (C=S) groups is 1. The first-order valence-electron chi connectivity index (χ1n) is 5.38. The van der Waals surface area contributed by atoms with E-state index in [0.717, 1.165) is 19.8 Å². The Hall–Kier alpha value is -0.190. The van der Waals surface area contributed by atoms with E-state index in [9.17, 15) is 0 Å². The molecule has 2 fully saturated rings. The van der Waals surface area contributed by atoms with E-state index in [1.54, 1.807) is 0 Å². The van der Waals surface area contributed by atoms with Crippen molar-refractivity contribution in [3.8, 4) is 0 Å². The van der Waals surface area contributed by atoms with Crippen molar-refractivity contribution in [3.05, 3.63) is 0 Å². The molecule has 0 aromatic heterocycles. The maximum absolute atomic E-state index is 5.70. The third kappa shape index (κ3) is 2.24. The molecule has 0 saturated carbocycles. The third-order valence-electron chi connectivity index (χ3n) is 3.28. The molecule has 2 unspecified atom stereocenters. The summed E-state index contributed by atoms with van der Waals surface area (Å²) < 4.78 is 5.40. The van der Waals surface area contributed by atoms with Crippen LogP contribution in [-0.2, 0) is 4.74 Å². The second kappa shape index (κ2) is 4.55. The molecule has 0 aliphatic carbocycles. The Balaban J connectivity index is 1.89. The SMILES string of the molecule is NC(=S)C1CCCN(C2CCOC2)C1. The molecule has 4 heteroatoms. The van der Waals surface area contributed by atoms with Gasteiger partial charge in [-0.2, -0.15) is 0 Å². The predicted molar refractivity (Wildman–Crippen MR) is 60.3 cm³/mol. The maximum atomic E-state index is 5.70. The van der Waals surface area contributed by atoms with Crippen molar-refractivity contribution >= 4 is 17.2 Å². The quantitative estimate of drug-likeness (QED) is 0.689. The molecule has 14 heavy (non-hydrogen) atoms. The lowest BCUT2D eigenvalue weighted by molar-refractivity contribution is 0.118. The van der Waals surface area contributed by atoms with Gasteiger partial charge < -0.3 is 10.5 Å². The molecule has 0 aromatic rings. The van der Waals surface area contributed by atoms with Crippen molar-refractivity contribution in [1.82, 2.24) is 4.90 Å². The lowest BCUT2D eigenvalue weighted by Crippen LogP contribution is -2.45. The molecule has 2 rings (SSSR count). The molecule has 2 atom stereocenters. The van der Waals surface area contributed by atoms with Crippen LogP contribution in [0, 0.1) is 5.92 Å². The van der Waals surface area contributed by atoms with Gasteiger partial charge in [0.1, 0.15) is 0 Å². The fraction of sp³-hybridized carbons (Fsp3) is 0.900. The Kier molecular flexibility index (Phi) is 3.36. The molecular formula is C10H18N2OS. The topological polar surface area (TPSA) is 38.5 Å². The second-order valence-corrected chi connectivity index (χ2v) is 4.73. The van der Waals surface area contributed by atoms with Gasteiger partial charge in [0.2, 0.25) is 0 Å². The van der Waals surface area contributed by atoms with Crippen molar-refractivity contribution in [2.75, 3.05) is 26.3 Å². The van der Waals surface area contributed by atoms with Gasteiger partial charge in [0.15, 0.2) is 0 Å².